The van der Waals surface area contributed by atoms with Gasteiger partial charge in [0.25, 0.3) is 5.91 Å². The average molecular weight is 718 g/mol. The maximum Gasteiger partial charge on any atom is 0.408 e. The fraction of sp³-hybridized carbons (Fsp3) is 0.543. The summed E-state index contributed by atoms with van der Waals surface area (Å²) < 4.78 is 14.6. The summed E-state index contributed by atoms with van der Waals surface area (Å²) in [5, 5.41) is 23.2. The van der Waals surface area contributed by atoms with Crippen molar-refractivity contribution < 1.29 is 28.7 Å². The first-order valence-corrected chi connectivity index (χ1v) is 18.0. The SMILES string of the molecule is C=CC1C[C@]1(NC(=O)[C@@H]1C[C@@H](Oc2nc(-c3cc(C)nn3C)nc3ccsc23)CN1C(=O)[C@H](NC(=O)OC1CCCC1)C(C)(C)C)C(=O)NC#N. The molecule has 0 radical (unpaired) electrons. The summed E-state index contributed by atoms with van der Waals surface area (Å²) in [4.78, 5) is 65.6. The van der Waals surface area contributed by atoms with E-state index >= 15 is 0 Å². The summed E-state index contributed by atoms with van der Waals surface area (Å²) in [5.74, 6) is -1.45. The lowest BCUT2D eigenvalue weighted by Gasteiger charge is -2.35. The van der Waals surface area contributed by atoms with Crippen LogP contribution in [-0.2, 0) is 26.2 Å². The van der Waals surface area contributed by atoms with Gasteiger partial charge < -0.3 is 25.0 Å². The monoisotopic (exact) mass is 717 g/mol. The second-order valence-electron chi connectivity index (χ2n) is 14.6. The third-order valence-corrected chi connectivity index (χ3v) is 10.7. The molecule has 1 unspecified atom stereocenters. The zero-order chi connectivity index (χ0) is 36.7. The Morgan fingerprint density at radius 1 is 1.20 bits per heavy atom. The van der Waals surface area contributed by atoms with Gasteiger partial charge in [0.2, 0.25) is 17.7 Å². The van der Waals surface area contributed by atoms with Crippen molar-refractivity contribution in [1.82, 2.24) is 40.6 Å². The van der Waals surface area contributed by atoms with E-state index in [-0.39, 0.29) is 25.5 Å². The summed E-state index contributed by atoms with van der Waals surface area (Å²) in [6.45, 7) is 11.1. The van der Waals surface area contributed by atoms with Crippen LogP contribution in [0, 0.1) is 29.7 Å². The average Bonchev–Trinajstić information content (AvgIpc) is 3.63. The van der Waals surface area contributed by atoms with E-state index in [2.05, 4.69) is 27.6 Å². The first kappa shape index (κ1) is 35.8. The Morgan fingerprint density at radius 3 is 2.57 bits per heavy atom. The lowest BCUT2D eigenvalue weighted by molar-refractivity contribution is -0.143. The highest BCUT2D eigenvalue weighted by atomic mass is 32.1. The minimum atomic E-state index is -1.37. The van der Waals surface area contributed by atoms with Gasteiger partial charge in [-0.15, -0.1) is 17.9 Å². The molecule has 0 spiro atoms. The number of hydrogen-bond acceptors (Lipinski definition) is 11. The fourth-order valence-electron chi connectivity index (χ4n) is 7.01. The van der Waals surface area contributed by atoms with Crippen molar-refractivity contribution in [3.05, 3.63) is 35.9 Å². The molecule has 3 aromatic heterocycles. The Balaban J connectivity index is 1.31. The number of nitrogens with zero attached hydrogens (tertiary/aromatic N) is 6. The Kier molecular flexibility index (Phi) is 9.78. The molecule has 6 rings (SSSR count). The van der Waals surface area contributed by atoms with Crippen LogP contribution in [0.4, 0.5) is 4.79 Å². The van der Waals surface area contributed by atoms with Crippen molar-refractivity contribution in [1.29, 1.82) is 5.26 Å². The number of fused-ring (bicyclic) bond motifs is 1. The fourth-order valence-corrected chi connectivity index (χ4v) is 7.77. The van der Waals surface area contributed by atoms with Crippen LogP contribution < -0.4 is 20.7 Å². The number of likely N-dealkylation sites (tertiary alicyclic amines) is 1. The number of carbonyl (C=O) groups excluding carboxylic acids is 4. The number of alkyl carbamates (subject to hydrolysis) is 1. The highest BCUT2D eigenvalue weighted by Crippen LogP contribution is 2.45. The van der Waals surface area contributed by atoms with Crippen LogP contribution in [0.25, 0.3) is 21.7 Å². The number of amides is 4. The van der Waals surface area contributed by atoms with Crippen molar-refractivity contribution in [2.45, 2.75) is 96.1 Å². The van der Waals surface area contributed by atoms with Crippen LogP contribution in [0.1, 0.15) is 65.0 Å². The van der Waals surface area contributed by atoms with Crippen LogP contribution in [0.15, 0.2) is 30.2 Å². The molecule has 3 N–H and O–H groups in total. The molecule has 2 saturated carbocycles. The van der Waals surface area contributed by atoms with E-state index in [0.29, 0.717) is 27.6 Å². The molecule has 16 heteroatoms. The first-order chi connectivity index (χ1) is 24.2. The van der Waals surface area contributed by atoms with Gasteiger partial charge in [0.15, 0.2) is 12.0 Å². The predicted molar refractivity (Wildman–Crippen MR) is 187 cm³/mol. The third-order valence-electron chi connectivity index (χ3n) is 9.80. The van der Waals surface area contributed by atoms with E-state index in [1.807, 2.05) is 45.2 Å². The summed E-state index contributed by atoms with van der Waals surface area (Å²) in [7, 11) is 1.80. The minimum Gasteiger partial charge on any atom is -0.471 e. The van der Waals surface area contributed by atoms with Crippen LogP contribution in [0.2, 0.25) is 0 Å². The van der Waals surface area contributed by atoms with Crippen molar-refractivity contribution >= 4 is 45.4 Å². The van der Waals surface area contributed by atoms with Gasteiger partial charge >= 0.3 is 6.09 Å². The number of nitriles is 1. The van der Waals surface area contributed by atoms with E-state index < -0.39 is 58.9 Å². The van der Waals surface area contributed by atoms with E-state index in [1.54, 1.807) is 24.0 Å². The number of thiophene rings is 1. The van der Waals surface area contributed by atoms with Gasteiger partial charge in [-0.3, -0.25) is 24.4 Å². The number of carbonyl (C=O) groups is 4. The van der Waals surface area contributed by atoms with Gasteiger partial charge in [0, 0.05) is 19.4 Å². The number of ether oxygens (including phenoxy) is 2. The Labute approximate surface area is 299 Å². The molecule has 15 nitrogen and oxygen atoms in total. The number of aromatic nitrogens is 4. The summed E-state index contributed by atoms with van der Waals surface area (Å²) >= 11 is 1.41. The van der Waals surface area contributed by atoms with E-state index in [1.165, 1.54) is 16.2 Å². The summed E-state index contributed by atoms with van der Waals surface area (Å²) in [6.07, 6.45) is 5.38. The van der Waals surface area contributed by atoms with Crippen LogP contribution in [0.3, 0.4) is 0 Å². The molecule has 4 heterocycles. The summed E-state index contributed by atoms with van der Waals surface area (Å²) in [6, 6.07) is 1.60. The lowest BCUT2D eigenvalue weighted by Crippen LogP contribution is -2.59. The van der Waals surface area contributed by atoms with Gasteiger partial charge in [-0.05, 0) is 62.0 Å². The highest BCUT2D eigenvalue weighted by Gasteiger charge is 2.61. The maximum absolute atomic E-state index is 14.5. The maximum atomic E-state index is 14.5. The molecular formula is C35H43N9O6S. The van der Waals surface area contributed by atoms with Gasteiger partial charge in [0.05, 0.1) is 17.8 Å². The molecule has 1 aliphatic heterocycles. The number of rotatable bonds is 10. The van der Waals surface area contributed by atoms with Crippen LogP contribution >= 0.6 is 11.3 Å². The second kappa shape index (κ2) is 13.9. The predicted octanol–water partition coefficient (Wildman–Crippen LogP) is 3.49. The molecule has 0 bridgehead atoms. The quantitative estimate of drug-likeness (QED) is 0.159. The highest BCUT2D eigenvalue weighted by molar-refractivity contribution is 7.17. The zero-order valence-corrected chi connectivity index (χ0v) is 30.2. The normalized spacial score (nSPS) is 23.7. The second-order valence-corrected chi connectivity index (χ2v) is 15.5. The van der Waals surface area contributed by atoms with E-state index in [0.717, 1.165) is 31.4 Å². The Bertz CT molecular complexity index is 1900. The van der Waals surface area contributed by atoms with E-state index in [4.69, 9.17) is 24.7 Å². The smallest absolute Gasteiger partial charge is 0.408 e. The largest absolute Gasteiger partial charge is 0.471 e. The molecule has 3 aliphatic rings. The Morgan fingerprint density at radius 2 is 1.94 bits per heavy atom. The van der Waals surface area contributed by atoms with Crippen molar-refractivity contribution in [2.75, 3.05) is 6.54 Å². The first-order valence-electron chi connectivity index (χ1n) is 17.1. The molecule has 51 heavy (non-hydrogen) atoms. The third kappa shape index (κ3) is 7.25. The molecule has 2 aliphatic carbocycles. The van der Waals surface area contributed by atoms with Gasteiger partial charge in [-0.2, -0.15) is 15.3 Å². The Hall–Kier alpha value is -5.04. The molecule has 4 amide bonds. The molecule has 3 fully saturated rings. The summed E-state index contributed by atoms with van der Waals surface area (Å²) in [5.41, 5.74) is 0.0207. The molecule has 0 aromatic carbocycles. The van der Waals surface area contributed by atoms with Gasteiger partial charge in [-0.1, -0.05) is 26.8 Å². The number of hydrogen-bond donors (Lipinski definition) is 3. The van der Waals surface area contributed by atoms with Gasteiger partial charge in [0.1, 0.15) is 40.2 Å². The standard InChI is InChI=1S/C35H43N9O6S/c1-7-20-16-35(20,32(47)37-18-36)41-29(45)25-15-22(17-44(25)31(46)27(34(3,4)5)39-33(48)50-21-10-8-9-11-21)49-30-26-23(12-13-51-26)38-28(40-30)24-14-19(2)42-43(24)6/h7,12-14,20-22,25,27H,1,8-11,15-17H2,2-6H3,(H,37,47)(H,39,48)(H,41,45)/t20?,22-,25+,27+,35-/m1/s1. The number of nitrogens with one attached hydrogen (secondary N) is 3. The number of aryl methyl sites for hydroxylation is 2. The van der Waals surface area contributed by atoms with Crippen molar-refractivity contribution in [2.24, 2.45) is 18.4 Å². The molecule has 270 valence electrons. The molecule has 5 atom stereocenters. The zero-order valence-electron chi connectivity index (χ0n) is 29.4. The minimum absolute atomic E-state index is 0.0118. The van der Waals surface area contributed by atoms with Crippen LogP contribution in [-0.4, -0.2) is 84.8 Å². The van der Waals surface area contributed by atoms with Crippen molar-refractivity contribution in [3.8, 4) is 23.6 Å². The molecular weight excluding hydrogens is 675 g/mol. The molecule has 3 aromatic rings. The van der Waals surface area contributed by atoms with Crippen LogP contribution in [0.5, 0.6) is 5.88 Å². The van der Waals surface area contributed by atoms with Gasteiger partial charge in [-0.25, -0.2) is 9.78 Å². The molecule has 1 saturated heterocycles. The topological polar surface area (TPSA) is 193 Å². The van der Waals surface area contributed by atoms with E-state index in [9.17, 15) is 19.2 Å². The van der Waals surface area contributed by atoms with Crippen molar-refractivity contribution in [3.63, 3.8) is 0 Å². The lowest BCUT2D eigenvalue weighted by atomic mass is 9.85.